The topological polar surface area (TPSA) is 83.9 Å². The summed E-state index contributed by atoms with van der Waals surface area (Å²) in [6.45, 7) is 3.07. The van der Waals surface area contributed by atoms with Crippen LogP contribution in [0.15, 0.2) is 24.3 Å². The Hall–Kier alpha value is -2.37. The summed E-state index contributed by atoms with van der Waals surface area (Å²) >= 11 is 0. The van der Waals surface area contributed by atoms with Crippen molar-refractivity contribution in [3.63, 3.8) is 0 Å². The van der Waals surface area contributed by atoms with Crippen LogP contribution in [0.25, 0.3) is 0 Å². The lowest BCUT2D eigenvalue weighted by Crippen LogP contribution is -2.40. The predicted octanol–water partition coefficient (Wildman–Crippen LogP) is 1.80. The summed E-state index contributed by atoms with van der Waals surface area (Å²) in [4.78, 5) is 36.7. The minimum atomic E-state index is -1.06. The zero-order chi connectivity index (χ0) is 16.1. The Morgan fingerprint density at radius 1 is 1.23 bits per heavy atom. The Morgan fingerprint density at radius 3 is 2.45 bits per heavy atom. The van der Waals surface area contributed by atoms with Gasteiger partial charge in [-0.25, -0.2) is 4.79 Å². The van der Waals surface area contributed by atoms with Crippen LogP contribution in [0.1, 0.15) is 40.5 Å². The molecule has 0 spiro atoms. The second kappa shape index (κ2) is 7.06. The Labute approximate surface area is 128 Å². The molecule has 0 radical (unpaired) electrons. The average molecular weight is 305 g/mol. The smallest absolute Gasteiger partial charge is 0.335 e. The maximum Gasteiger partial charge on any atom is 0.335 e. The fraction of sp³-hybridized carbons (Fsp3) is 0.438. The highest BCUT2D eigenvalue weighted by Crippen LogP contribution is 2.20. The molecule has 1 aliphatic heterocycles. The molecule has 22 heavy (non-hydrogen) atoms. The van der Waals surface area contributed by atoms with E-state index in [-0.39, 0.29) is 23.4 Å². The van der Waals surface area contributed by atoms with E-state index >= 15 is 0 Å². The van der Waals surface area contributed by atoms with Gasteiger partial charge in [0.05, 0.1) is 18.1 Å². The fourth-order valence-electron chi connectivity index (χ4n) is 2.55. The maximum absolute atomic E-state index is 12.4. The van der Waals surface area contributed by atoms with E-state index in [9.17, 15) is 14.4 Å². The van der Waals surface area contributed by atoms with Crippen molar-refractivity contribution in [3.8, 4) is 0 Å². The van der Waals surface area contributed by atoms with Crippen LogP contribution in [0, 0.1) is 5.92 Å². The largest absolute Gasteiger partial charge is 0.478 e. The first-order chi connectivity index (χ1) is 10.5. The van der Waals surface area contributed by atoms with Crippen LogP contribution in [0.3, 0.4) is 0 Å². The van der Waals surface area contributed by atoms with Crippen LogP contribution in [0.2, 0.25) is 0 Å². The molecule has 118 valence electrons. The first kappa shape index (κ1) is 16.0. The molecule has 6 heteroatoms. The zero-order valence-corrected chi connectivity index (χ0v) is 12.4. The molecule has 2 rings (SSSR count). The second-order valence-corrected chi connectivity index (χ2v) is 5.20. The number of hydrogen-bond acceptors (Lipinski definition) is 4. The monoisotopic (exact) mass is 305 g/mol. The van der Waals surface area contributed by atoms with Crippen LogP contribution < -0.4 is 0 Å². The first-order valence-corrected chi connectivity index (χ1v) is 7.32. The molecule has 1 aromatic rings. The number of benzene rings is 1. The summed E-state index contributed by atoms with van der Waals surface area (Å²) in [5.41, 5.74) is 0.446. The molecular weight excluding hydrogens is 286 g/mol. The van der Waals surface area contributed by atoms with Gasteiger partial charge in [0.2, 0.25) is 0 Å². The molecule has 1 aliphatic rings. The number of aromatic carboxylic acids is 1. The van der Waals surface area contributed by atoms with E-state index in [1.54, 1.807) is 24.0 Å². The van der Waals surface area contributed by atoms with Gasteiger partial charge in [0.1, 0.15) is 0 Å². The van der Waals surface area contributed by atoms with Crippen molar-refractivity contribution >= 4 is 17.8 Å². The highest BCUT2D eigenvalue weighted by Gasteiger charge is 2.28. The molecule has 1 N–H and O–H groups in total. The van der Waals surface area contributed by atoms with Crippen molar-refractivity contribution in [2.24, 2.45) is 5.92 Å². The summed E-state index contributed by atoms with van der Waals surface area (Å²) in [5, 5.41) is 8.97. The first-order valence-electron chi connectivity index (χ1n) is 7.32. The molecular formula is C16H19NO5. The SMILES string of the molecule is CCOC(=O)C1CCN(C(=O)c2cccc(C(=O)O)c2)CC1. The van der Waals surface area contributed by atoms with Crippen LogP contribution in [0.4, 0.5) is 0 Å². The molecule has 0 unspecified atom stereocenters. The molecule has 6 nitrogen and oxygen atoms in total. The third kappa shape index (κ3) is 3.63. The lowest BCUT2D eigenvalue weighted by Gasteiger charge is -2.31. The summed E-state index contributed by atoms with van der Waals surface area (Å²) in [7, 11) is 0. The minimum Gasteiger partial charge on any atom is -0.478 e. The predicted molar refractivity (Wildman–Crippen MR) is 78.7 cm³/mol. The summed E-state index contributed by atoms with van der Waals surface area (Å²) in [6, 6.07) is 5.99. The van der Waals surface area contributed by atoms with Gasteiger partial charge < -0.3 is 14.7 Å². The van der Waals surface area contributed by atoms with Gasteiger partial charge in [0, 0.05) is 18.7 Å². The molecule has 1 heterocycles. The normalized spacial score (nSPS) is 15.4. The van der Waals surface area contributed by atoms with Crippen molar-refractivity contribution in [3.05, 3.63) is 35.4 Å². The third-order valence-electron chi connectivity index (χ3n) is 3.76. The minimum absolute atomic E-state index is 0.0901. The Morgan fingerprint density at radius 2 is 1.86 bits per heavy atom. The number of carbonyl (C=O) groups is 3. The molecule has 0 aliphatic carbocycles. The standard InChI is InChI=1S/C16H19NO5/c1-2-22-16(21)11-6-8-17(9-7-11)14(18)12-4-3-5-13(10-12)15(19)20/h3-5,10-11H,2,6-9H2,1H3,(H,19,20). The number of likely N-dealkylation sites (tertiary alicyclic amines) is 1. The van der Waals surface area contributed by atoms with Crippen molar-refractivity contribution in [1.82, 2.24) is 4.90 Å². The number of hydrogen-bond donors (Lipinski definition) is 1. The molecule has 0 saturated carbocycles. The average Bonchev–Trinajstić information content (AvgIpc) is 2.54. The highest BCUT2D eigenvalue weighted by molar-refractivity contribution is 5.97. The summed E-state index contributed by atoms with van der Waals surface area (Å²) in [6.07, 6.45) is 1.15. The fourth-order valence-corrected chi connectivity index (χ4v) is 2.55. The van der Waals surface area contributed by atoms with Crippen LogP contribution in [-0.2, 0) is 9.53 Å². The summed E-state index contributed by atoms with van der Waals surface area (Å²) in [5.74, 6) is -1.63. The Kier molecular flexibility index (Phi) is 5.14. The van der Waals surface area contributed by atoms with E-state index < -0.39 is 5.97 Å². The van der Waals surface area contributed by atoms with Gasteiger partial charge in [-0.1, -0.05) is 6.07 Å². The molecule has 1 amide bonds. The number of esters is 1. The lowest BCUT2D eigenvalue weighted by molar-refractivity contribution is -0.149. The van der Waals surface area contributed by atoms with E-state index in [4.69, 9.17) is 9.84 Å². The number of carboxylic acids is 1. The van der Waals surface area contributed by atoms with Gasteiger partial charge in [-0.15, -0.1) is 0 Å². The quantitative estimate of drug-likeness (QED) is 0.858. The van der Waals surface area contributed by atoms with Crippen molar-refractivity contribution in [2.75, 3.05) is 19.7 Å². The third-order valence-corrected chi connectivity index (χ3v) is 3.76. The summed E-state index contributed by atoms with van der Waals surface area (Å²) < 4.78 is 5.00. The van der Waals surface area contributed by atoms with Gasteiger partial charge in [0.25, 0.3) is 5.91 Å². The van der Waals surface area contributed by atoms with E-state index in [0.29, 0.717) is 38.1 Å². The maximum atomic E-state index is 12.4. The van der Waals surface area contributed by atoms with Crippen LogP contribution in [-0.4, -0.2) is 47.5 Å². The number of carbonyl (C=O) groups excluding carboxylic acids is 2. The number of carboxylic acid groups (broad SMARTS) is 1. The zero-order valence-electron chi connectivity index (χ0n) is 12.4. The number of piperidine rings is 1. The van der Waals surface area contributed by atoms with Gasteiger partial charge >= 0.3 is 11.9 Å². The van der Waals surface area contributed by atoms with Crippen LogP contribution >= 0.6 is 0 Å². The van der Waals surface area contributed by atoms with E-state index in [1.165, 1.54) is 12.1 Å². The Balaban J connectivity index is 1.99. The number of ether oxygens (including phenoxy) is 1. The van der Waals surface area contributed by atoms with Crippen molar-refractivity contribution < 1.29 is 24.2 Å². The Bertz CT molecular complexity index is 576. The van der Waals surface area contributed by atoms with Gasteiger partial charge in [-0.05, 0) is 38.0 Å². The molecule has 0 bridgehead atoms. The van der Waals surface area contributed by atoms with Gasteiger partial charge in [0.15, 0.2) is 0 Å². The number of amides is 1. The number of nitrogens with zero attached hydrogens (tertiary/aromatic N) is 1. The van der Waals surface area contributed by atoms with Crippen molar-refractivity contribution in [2.45, 2.75) is 19.8 Å². The van der Waals surface area contributed by atoms with Crippen molar-refractivity contribution in [1.29, 1.82) is 0 Å². The highest BCUT2D eigenvalue weighted by atomic mass is 16.5. The molecule has 0 aromatic heterocycles. The number of rotatable bonds is 4. The van der Waals surface area contributed by atoms with E-state index in [1.807, 2.05) is 0 Å². The van der Waals surface area contributed by atoms with Gasteiger partial charge in [-0.3, -0.25) is 9.59 Å². The lowest BCUT2D eigenvalue weighted by atomic mass is 9.96. The van der Waals surface area contributed by atoms with Crippen LogP contribution in [0.5, 0.6) is 0 Å². The van der Waals surface area contributed by atoms with Gasteiger partial charge in [-0.2, -0.15) is 0 Å². The molecule has 1 aromatic carbocycles. The van der Waals surface area contributed by atoms with E-state index in [0.717, 1.165) is 0 Å². The molecule has 0 atom stereocenters. The molecule has 1 fully saturated rings. The van der Waals surface area contributed by atoms with E-state index in [2.05, 4.69) is 0 Å². The second-order valence-electron chi connectivity index (χ2n) is 5.20. The molecule has 1 saturated heterocycles.